The Morgan fingerprint density at radius 3 is 2.42 bits per heavy atom. The van der Waals surface area contributed by atoms with E-state index in [0.29, 0.717) is 12.3 Å². The van der Waals surface area contributed by atoms with Crippen molar-refractivity contribution in [2.75, 3.05) is 0 Å². The van der Waals surface area contributed by atoms with E-state index in [0.717, 1.165) is 6.42 Å². The van der Waals surface area contributed by atoms with Gasteiger partial charge in [0.05, 0.1) is 0 Å². The second-order valence-corrected chi connectivity index (χ2v) is 3.50. The van der Waals surface area contributed by atoms with Crippen LogP contribution in [0.4, 0.5) is 0 Å². The lowest BCUT2D eigenvalue weighted by atomic mass is 9.98. The van der Waals surface area contributed by atoms with Crippen LogP contribution in [-0.4, -0.2) is 5.78 Å². The number of rotatable bonds is 5. The zero-order chi connectivity index (χ0) is 9.56. The smallest absolute Gasteiger partial charge is 0.130 e. The minimum atomic E-state index is 0.281. The maximum Gasteiger partial charge on any atom is 0.130 e. The van der Waals surface area contributed by atoms with Gasteiger partial charge < -0.3 is 4.79 Å². The summed E-state index contributed by atoms with van der Waals surface area (Å²) in [4.78, 5) is 10.6. The van der Waals surface area contributed by atoms with Gasteiger partial charge in [-0.25, -0.2) is 0 Å². The van der Waals surface area contributed by atoms with Crippen molar-refractivity contribution in [3.63, 3.8) is 0 Å². The largest absolute Gasteiger partial charge is 0.300 e. The zero-order valence-corrected chi connectivity index (χ0v) is 8.68. The van der Waals surface area contributed by atoms with E-state index in [2.05, 4.69) is 26.8 Å². The van der Waals surface area contributed by atoms with Gasteiger partial charge >= 0.3 is 0 Å². The van der Waals surface area contributed by atoms with Gasteiger partial charge in [-0.2, -0.15) is 0 Å². The summed E-state index contributed by atoms with van der Waals surface area (Å²) >= 11 is 0. The van der Waals surface area contributed by atoms with Crippen LogP contribution in [0.25, 0.3) is 0 Å². The second kappa shape index (κ2) is 5.99. The van der Waals surface area contributed by atoms with E-state index in [9.17, 15) is 4.79 Å². The van der Waals surface area contributed by atoms with Gasteiger partial charge in [0.2, 0.25) is 0 Å². The summed E-state index contributed by atoms with van der Waals surface area (Å²) < 4.78 is 0. The molecule has 0 aromatic rings. The van der Waals surface area contributed by atoms with E-state index in [4.69, 9.17) is 0 Å². The quantitative estimate of drug-likeness (QED) is 0.575. The molecule has 0 aromatic carbocycles. The van der Waals surface area contributed by atoms with E-state index < -0.39 is 0 Å². The molecule has 0 heterocycles. The van der Waals surface area contributed by atoms with Gasteiger partial charge in [-0.15, -0.1) is 0 Å². The number of Topliss-reactive ketones (excluding diaryl/α,β-unsaturated/α-hetero) is 1. The molecule has 1 heteroatoms. The highest BCUT2D eigenvalue weighted by Gasteiger charge is 1.99. The molecule has 0 aliphatic rings. The predicted octanol–water partition coefficient (Wildman–Crippen LogP) is 3.35. The minimum absolute atomic E-state index is 0.281. The lowest BCUT2D eigenvalue weighted by molar-refractivity contribution is -0.116. The summed E-state index contributed by atoms with van der Waals surface area (Å²) in [7, 11) is 0. The predicted molar refractivity (Wildman–Crippen MR) is 53.1 cm³/mol. The van der Waals surface area contributed by atoms with Crippen LogP contribution in [0.3, 0.4) is 0 Å². The monoisotopic (exact) mass is 168 g/mol. The first kappa shape index (κ1) is 11.4. The van der Waals surface area contributed by atoms with Crippen LogP contribution in [-0.2, 0) is 4.79 Å². The highest BCUT2D eigenvalue weighted by molar-refractivity contribution is 5.75. The standard InChI is InChI=1S/C11H20O/c1-5-9(2)10(3)7-6-8-11(4)12/h7,9H,5-6,8H2,1-4H3/b10-7+. The maximum atomic E-state index is 10.6. The number of hydrogen-bond donors (Lipinski definition) is 0. The van der Waals surface area contributed by atoms with Crippen LogP contribution in [0.15, 0.2) is 11.6 Å². The van der Waals surface area contributed by atoms with Gasteiger partial charge in [0.15, 0.2) is 0 Å². The van der Waals surface area contributed by atoms with Crippen LogP contribution in [0.5, 0.6) is 0 Å². The summed E-state index contributed by atoms with van der Waals surface area (Å²) in [6, 6.07) is 0. The molecule has 0 saturated heterocycles. The lowest BCUT2D eigenvalue weighted by Crippen LogP contribution is -1.94. The Morgan fingerprint density at radius 1 is 1.42 bits per heavy atom. The van der Waals surface area contributed by atoms with Gasteiger partial charge in [0.1, 0.15) is 5.78 Å². The number of carbonyl (C=O) groups is 1. The molecule has 0 N–H and O–H groups in total. The fourth-order valence-electron chi connectivity index (χ4n) is 1.03. The highest BCUT2D eigenvalue weighted by atomic mass is 16.1. The first-order valence-corrected chi connectivity index (χ1v) is 4.74. The summed E-state index contributed by atoms with van der Waals surface area (Å²) in [5.41, 5.74) is 1.42. The van der Waals surface area contributed by atoms with Crippen molar-refractivity contribution in [3.05, 3.63) is 11.6 Å². The second-order valence-electron chi connectivity index (χ2n) is 3.50. The number of ketones is 1. The molecule has 12 heavy (non-hydrogen) atoms. The molecule has 0 aromatic heterocycles. The van der Waals surface area contributed by atoms with Crippen molar-refractivity contribution in [3.8, 4) is 0 Å². The molecule has 0 rings (SSSR count). The highest BCUT2D eigenvalue weighted by Crippen LogP contribution is 2.14. The molecular formula is C11H20O. The summed E-state index contributed by atoms with van der Waals surface area (Å²) in [5.74, 6) is 0.945. The average Bonchev–Trinajstić information content (AvgIpc) is 2.02. The fraction of sp³-hybridized carbons (Fsp3) is 0.727. The van der Waals surface area contributed by atoms with Crippen molar-refractivity contribution < 1.29 is 4.79 Å². The number of allylic oxidation sites excluding steroid dienone is 2. The van der Waals surface area contributed by atoms with Crippen molar-refractivity contribution >= 4 is 5.78 Å². The third-order valence-electron chi connectivity index (χ3n) is 2.35. The van der Waals surface area contributed by atoms with Gasteiger partial charge in [0.25, 0.3) is 0 Å². The van der Waals surface area contributed by atoms with Crippen molar-refractivity contribution in [2.24, 2.45) is 5.92 Å². The van der Waals surface area contributed by atoms with Crippen molar-refractivity contribution in [1.29, 1.82) is 0 Å². The summed E-state index contributed by atoms with van der Waals surface area (Å²) in [6.07, 6.45) is 4.97. The molecular weight excluding hydrogens is 148 g/mol. The van der Waals surface area contributed by atoms with Crippen molar-refractivity contribution in [1.82, 2.24) is 0 Å². The molecule has 1 unspecified atom stereocenters. The van der Waals surface area contributed by atoms with E-state index in [-0.39, 0.29) is 5.78 Å². The van der Waals surface area contributed by atoms with E-state index >= 15 is 0 Å². The molecule has 0 fully saturated rings. The molecule has 0 bridgehead atoms. The van der Waals surface area contributed by atoms with E-state index in [1.165, 1.54) is 12.0 Å². The molecule has 1 atom stereocenters. The molecule has 70 valence electrons. The molecule has 1 nitrogen and oxygen atoms in total. The minimum Gasteiger partial charge on any atom is -0.300 e. The molecule has 0 amide bonds. The average molecular weight is 168 g/mol. The fourth-order valence-corrected chi connectivity index (χ4v) is 1.03. The van der Waals surface area contributed by atoms with Crippen LogP contribution < -0.4 is 0 Å². The normalized spacial score (nSPS) is 14.5. The Morgan fingerprint density at radius 2 is 2.00 bits per heavy atom. The number of hydrogen-bond acceptors (Lipinski definition) is 1. The van der Waals surface area contributed by atoms with Crippen LogP contribution >= 0.6 is 0 Å². The Labute approximate surface area is 75.9 Å². The van der Waals surface area contributed by atoms with Crippen LogP contribution in [0.2, 0.25) is 0 Å². The summed E-state index contributed by atoms with van der Waals surface area (Å²) in [5, 5.41) is 0. The zero-order valence-electron chi connectivity index (χ0n) is 8.68. The summed E-state index contributed by atoms with van der Waals surface area (Å²) in [6.45, 7) is 8.20. The SMILES string of the molecule is CCC(C)/C(C)=C/CCC(C)=O. The Bertz CT molecular complexity index is 168. The lowest BCUT2D eigenvalue weighted by Gasteiger charge is -2.08. The molecule has 0 spiro atoms. The molecule has 0 saturated carbocycles. The Hall–Kier alpha value is -0.590. The van der Waals surface area contributed by atoms with Gasteiger partial charge in [-0.1, -0.05) is 25.5 Å². The first-order chi connectivity index (χ1) is 5.57. The van der Waals surface area contributed by atoms with E-state index in [1.807, 2.05) is 0 Å². The Balaban J connectivity index is 3.76. The third kappa shape index (κ3) is 5.11. The first-order valence-electron chi connectivity index (χ1n) is 4.74. The molecule has 0 aliphatic heterocycles. The number of carbonyl (C=O) groups excluding carboxylic acids is 1. The topological polar surface area (TPSA) is 17.1 Å². The van der Waals surface area contributed by atoms with Gasteiger partial charge in [-0.3, -0.25) is 0 Å². The Kier molecular flexibility index (Phi) is 5.69. The van der Waals surface area contributed by atoms with Gasteiger partial charge in [-0.05, 0) is 32.6 Å². The maximum absolute atomic E-state index is 10.6. The van der Waals surface area contributed by atoms with Crippen molar-refractivity contribution in [2.45, 2.75) is 47.0 Å². The van der Waals surface area contributed by atoms with Crippen LogP contribution in [0, 0.1) is 5.92 Å². The van der Waals surface area contributed by atoms with Crippen LogP contribution in [0.1, 0.15) is 47.0 Å². The van der Waals surface area contributed by atoms with E-state index in [1.54, 1.807) is 6.92 Å². The molecule has 0 aliphatic carbocycles. The van der Waals surface area contributed by atoms with Gasteiger partial charge in [0, 0.05) is 6.42 Å². The molecule has 0 radical (unpaired) electrons. The third-order valence-corrected chi connectivity index (χ3v) is 2.35.